The molecular formula is C17H12FN3O4. The third-order valence-electron chi connectivity index (χ3n) is 3.85. The van der Waals surface area contributed by atoms with Crippen LogP contribution in [0.1, 0.15) is 18.4 Å². The second-order valence-corrected chi connectivity index (χ2v) is 5.56. The number of benzene rings is 2. The number of oxazole rings is 2. The number of aromatic nitrogens is 2. The average molecular weight is 341 g/mol. The van der Waals surface area contributed by atoms with Crippen LogP contribution in [0.15, 0.2) is 45.2 Å². The lowest BCUT2D eigenvalue weighted by Crippen LogP contribution is -2.06. The number of aliphatic carboxylic acids is 1. The van der Waals surface area contributed by atoms with Crippen LogP contribution in [0, 0.1) is 5.82 Å². The van der Waals surface area contributed by atoms with Crippen molar-refractivity contribution in [3.05, 3.63) is 47.8 Å². The molecule has 0 amide bonds. The van der Waals surface area contributed by atoms with E-state index in [2.05, 4.69) is 15.3 Å². The summed E-state index contributed by atoms with van der Waals surface area (Å²) in [6.07, 6.45) is 0. The first kappa shape index (κ1) is 15.1. The van der Waals surface area contributed by atoms with Crippen molar-refractivity contribution in [2.24, 2.45) is 0 Å². The fraction of sp³-hybridized carbons (Fsp3) is 0.118. The van der Waals surface area contributed by atoms with E-state index in [1.807, 2.05) is 0 Å². The molecule has 0 aliphatic carbocycles. The molecule has 0 aliphatic heterocycles. The van der Waals surface area contributed by atoms with Crippen LogP contribution >= 0.6 is 0 Å². The van der Waals surface area contributed by atoms with Crippen molar-refractivity contribution >= 4 is 40.2 Å². The quantitative estimate of drug-likeness (QED) is 0.577. The van der Waals surface area contributed by atoms with Crippen LogP contribution in [0.3, 0.4) is 0 Å². The molecule has 126 valence electrons. The Balaban J connectivity index is 1.65. The third kappa shape index (κ3) is 2.78. The number of anilines is 2. The zero-order valence-corrected chi connectivity index (χ0v) is 13.0. The highest BCUT2D eigenvalue weighted by atomic mass is 19.1. The highest BCUT2D eigenvalue weighted by Crippen LogP contribution is 2.27. The zero-order valence-electron chi connectivity index (χ0n) is 13.0. The number of nitrogens with one attached hydrogen (secondary N) is 1. The van der Waals surface area contributed by atoms with E-state index in [4.69, 9.17) is 13.9 Å². The van der Waals surface area contributed by atoms with Crippen LogP contribution in [-0.4, -0.2) is 21.0 Å². The van der Waals surface area contributed by atoms with E-state index in [1.54, 1.807) is 25.1 Å². The van der Waals surface area contributed by atoms with Gasteiger partial charge >= 0.3 is 18.0 Å². The summed E-state index contributed by atoms with van der Waals surface area (Å²) >= 11 is 0. The number of hydrogen-bond donors (Lipinski definition) is 2. The molecule has 2 aromatic carbocycles. The van der Waals surface area contributed by atoms with E-state index in [0.717, 1.165) is 0 Å². The molecule has 0 bridgehead atoms. The molecular weight excluding hydrogens is 329 g/mol. The summed E-state index contributed by atoms with van der Waals surface area (Å²) < 4.78 is 24.2. The van der Waals surface area contributed by atoms with Gasteiger partial charge in [0, 0.05) is 6.07 Å². The lowest BCUT2D eigenvalue weighted by atomic mass is 10.0. The largest absolute Gasteiger partial charge is 0.481 e. The standard InChI is InChI=1S/C17H12FN3O4/c1-8(15(22)23)9-2-4-13-11(6-9)19-16(24-13)21-17-20-12-7-10(18)3-5-14(12)25-17/h2-8H,1H3,(H,22,23)(H,19,20,21). The molecule has 7 nitrogen and oxygen atoms in total. The Hall–Kier alpha value is -3.42. The Morgan fingerprint density at radius 2 is 1.68 bits per heavy atom. The minimum absolute atomic E-state index is 0.117. The zero-order chi connectivity index (χ0) is 17.6. The van der Waals surface area contributed by atoms with Gasteiger partial charge in [0.1, 0.15) is 16.9 Å². The Bertz CT molecular complexity index is 1100. The fourth-order valence-electron chi connectivity index (χ4n) is 2.46. The molecule has 4 aromatic rings. The Labute approximate surface area is 140 Å². The number of nitrogens with zero attached hydrogens (tertiary/aromatic N) is 2. The van der Waals surface area contributed by atoms with Crippen LogP contribution in [0.2, 0.25) is 0 Å². The topological polar surface area (TPSA) is 101 Å². The van der Waals surface area contributed by atoms with Gasteiger partial charge in [-0.3, -0.25) is 10.1 Å². The van der Waals surface area contributed by atoms with Gasteiger partial charge in [-0.1, -0.05) is 6.07 Å². The van der Waals surface area contributed by atoms with E-state index in [0.29, 0.717) is 27.8 Å². The highest BCUT2D eigenvalue weighted by molar-refractivity contribution is 5.81. The molecule has 25 heavy (non-hydrogen) atoms. The van der Waals surface area contributed by atoms with Crippen molar-refractivity contribution in [2.45, 2.75) is 12.8 Å². The van der Waals surface area contributed by atoms with E-state index in [1.165, 1.54) is 18.2 Å². The molecule has 0 saturated carbocycles. The molecule has 2 N–H and O–H groups in total. The molecule has 0 fully saturated rings. The van der Waals surface area contributed by atoms with Gasteiger partial charge in [0.05, 0.1) is 5.92 Å². The van der Waals surface area contributed by atoms with Gasteiger partial charge in [-0.2, -0.15) is 9.97 Å². The normalized spacial score (nSPS) is 12.6. The SMILES string of the molecule is CC(C(=O)O)c1ccc2oc(Nc3nc4cc(F)ccc4o3)nc2c1. The molecule has 2 aromatic heterocycles. The van der Waals surface area contributed by atoms with E-state index < -0.39 is 17.7 Å². The van der Waals surface area contributed by atoms with Crippen molar-refractivity contribution < 1.29 is 23.1 Å². The minimum Gasteiger partial charge on any atom is -0.481 e. The molecule has 0 radical (unpaired) electrons. The van der Waals surface area contributed by atoms with Gasteiger partial charge in [0.15, 0.2) is 11.2 Å². The Morgan fingerprint density at radius 1 is 1.08 bits per heavy atom. The number of fused-ring (bicyclic) bond motifs is 2. The van der Waals surface area contributed by atoms with Crippen molar-refractivity contribution in [1.29, 1.82) is 0 Å². The average Bonchev–Trinajstić information content (AvgIpc) is 3.15. The first-order valence-electron chi connectivity index (χ1n) is 7.46. The van der Waals surface area contributed by atoms with Crippen LogP contribution in [0.4, 0.5) is 16.4 Å². The predicted octanol–water partition coefficient (Wildman–Crippen LogP) is 4.04. The summed E-state index contributed by atoms with van der Waals surface area (Å²) in [5.74, 6) is -1.97. The predicted molar refractivity (Wildman–Crippen MR) is 87.3 cm³/mol. The maximum Gasteiger partial charge on any atom is 0.310 e. The minimum atomic E-state index is -0.917. The molecule has 4 rings (SSSR count). The first-order chi connectivity index (χ1) is 12.0. The summed E-state index contributed by atoms with van der Waals surface area (Å²) in [6, 6.07) is 9.27. The maximum atomic E-state index is 13.2. The van der Waals surface area contributed by atoms with Crippen LogP contribution in [0.25, 0.3) is 22.2 Å². The van der Waals surface area contributed by atoms with Crippen molar-refractivity contribution in [3.63, 3.8) is 0 Å². The monoisotopic (exact) mass is 341 g/mol. The summed E-state index contributed by atoms with van der Waals surface area (Å²) in [7, 11) is 0. The molecule has 8 heteroatoms. The number of rotatable bonds is 4. The van der Waals surface area contributed by atoms with E-state index in [9.17, 15) is 9.18 Å². The lowest BCUT2D eigenvalue weighted by Gasteiger charge is -2.04. The highest BCUT2D eigenvalue weighted by Gasteiger charge is 2.16. The van der Waals surface area contributed by atoms with Crippen LogP contribution in [0.5, 0.6) is 0 Å². The van der Waals surface area contributed by atoms with Gasteiger partial charge < -0.3 is 13.9 Å². The molecule has 0 spiro atoms. The third-order valence-corrected chi connectivity index (χ3v) is 3.85. The maximum absolute atomic E-state index is 13.2. The Morgan fingerprint density at radius 3 is 2.32 bits per heavy atom. The number of halogens is 1. The number of carboxylic acids is 1. The van der Waals surface area contributed by atoms with Crippen LogP contribution < -0.4 is 5.32 Å². The lowest BCUT2D eigenvalue weighted by molar-refractivity contribution is -0.138. The summed E-state index contributed by atoms with van der Waals surface area (Å²) in [4.78, 5) is 19.5. The van der Waals surface area contributed by atoms with E-state index in [-0.39, 0.29) is 12.0 Å². The summed E-state index contributed by atoms with van der Waals surface area (Å²) in [5.41, 5.74) is 2.42. The number of carboxylic acid groups (broad SMARTS) is 1. The van der Waals surface area contributed by atoms with E-state index >= 15 is 0 Å². The van der Waals surface area contributed by atoms with Gasteiger partial charge in [-0.15, -0.1) is 0 Å². The second kappa shape index (κ2) is 5.59. The van der Waals surface area contributed by atoms with Crippen molar-refractivity contribution in [3.8, 4) is 0 Å². The molecule has 1 atom stereocenters. The number of hydrogen-bond acceptors (Lipinski definition) is 6. The molecule has 0 aliphatic rings. The molecule has 2 heterocycles. The second-order valence-electron chi connectivity index (χ2n) is 5.56. The van der Waals surface area contributed by atoms with Crippen molar-refractivity contribution in [2.75, 3.05) is 5.32 Å². The van der Waals surface area contributed by atoms with Crippen LogP contribution in [-0.2, 0) is 4.79 Å². The first-order valence-corrected chi connectivity index (χ1v) is 7.46. The van der Waals surface area contributed by atoms with Crippen molar-refractivity contribution in [1.82, 2.24) is 9.97 Å². The summed E-state index contributed by atoms with van der Waals surface area (Å²) in [5, 5.41) is 11.9. The smallest absolute Gasteiger partial charge is 0.310 e. The summed E-state index contributed by atoms with van der Waals surface area (Å²) in [6.45, 7) is 1.60. The van der Waals surface area contributed by atoms with Gasteiger partial charge in [-0.05, 0) is 36.8 Å². The Kier molecular flexibility index (Phi) is 3.38. The van der Waals surface area contributed by atoms with Gasteiger partial charge in [-0.25, -0.2) is 4.39 Å². The fourth-order valence-corrected chi connectivity index (χ4v) is 2.46. The molecule has 1 unspecified atom stereocenters. The van der Waals surface area contributed by atoms with Gasteiger partial charge in [0.25, 0.3) is 0 Å². The number of carbonyl (C=O) groups is 1. The van der Waals surface area contributed by atoms with Gasteiger partial charge in [0.2, 0.25) is 0 Å². The molecule has 0 saturated heterocycles.